The Labute approximate surface area is 188 Å². The van der Waals surface area contributed by atoms with Crippen LogP contribution in [0.4, 0.5) is 0 Å². The van der Waals surface area contributed by atoms with Gasteiger partial charge in [-0.25, -0.2) is 0 Å². The smallest absolute Gasteiger partial charge is 0.171 e. The van der Waals surface area contributed by atoms with Crippen LogP contribution in [0.5, 0.6) is 0 Å². The van der Waals surface area contributed by atoms with Crippen molar-refractivity contribution in [2.24, 2.45) is 52.3 Å². The summed E-state index contributed by atoms with van der Waals surface area (Å²) in [5.74, 6) is 4.21. The van der Waals surface area contributed by atoms with Crippen molar-refractivity contribution < 1.29 is 19.7 Å². The van der Waals surface area contributed by atoms with Crippen molar-refractivity contribution >= 4 is 0 Å². The Bertz CT molecular complexity index is 716. The molecule has 4 nitrogen and oxygen atoms in total. The second kappa shape index (κ2) is 6.93. The molecule has 1 spiro atoms. The van der Waals surface area contributed by atoms with Gasteiger partial charge >= 0.3 is 0 Å². The van der Waals surface area contributed by atoms with E-state index in [1.165, 1.54) is 38.5 Å². The molecule has 31 heavy (non-hydrogen) atoms. The van der Waals surface area contributed by atoms with Crippen LogP contribution in [0.3, 0.4) is 0 Å². The summed E-state index contributed by atoms with van der Waals surface area (Å²) < 4.78 is 13.3. The molecule has 6 rings (SSSR count). The number of hydrogen-bond acceptors (Lipinski definition) is 4. The molecule has 4 heteroatoms. The van der Waals surface area contributed by atoms with Gasteiger partial charge in [-0.3, -0.25) is 0 Å². The fourth-order valence-electron chi connectivity index (χ4n) is 10.3. The number of aliphatic hydroxyl groups excluding tert-OH is 2. The second-order valence-corrected chi connectivity index (χ2v) is 13.2. The molecule has 2 heterocycles. The molecule has 2 saturated heterocycles. The van der Waals surface area contributed by atoms with Crippen LogP contribution in [0.25, 0.3) is 0 Å². The van der Waals surface area contributed by atoms with Gasteiger partial charge in [0, 0.05) is 12.3 Å². The molecule has 0 aromatic carbocycles. The predicted molar refractivity (Wildman–Crippen MR) is 119 cm³/mol. The molecule has 0 radical (unpaired) electrons. The van der Waals surface area contributed by atoms with E-state index in [1.54, 1.807) is 0 Å². The van der Waals surface area contributed by atoms with Gasteiger partial charge in [-0.05, 0) is 97.7 Å². The third-order valence-corrected chi connectivity index (χ3v) is 12.0. The lowest BCUT2D eigenvalue weighted by Crippen LogP contribution is -2.57. The van der Waals surface area contributed by atoms with Gasteiger partial charge in [0.15, 0.2) is 5.79 Å². The molecule has 0 aromatic heterocycles. The van der Waals surface area contributed by atoms with Crippen LogP contribution in [0.1, 0.15) is 85.5 Å². The van der Waals surface area contributed by atoms with Crippen LogP contribution < -0.4 is 0 Å². The van der Waals surface area contributed by atoms with E-state index in [0.29, 0.717) is 41.1 Å². The van der Waals surface area contributed by atoms with Crippen LogP contribution in [-0.4, -0.2) is 40.9 Å². The van der Waals surface area contributed by atoms with Crippen LogP contribution in [0.2, 0.25) is 0 Å². The normalized spacial score (nSPS) is 63.3. The van der Waals surface area contributed by atoms with E-state index in [9.17, 15) is 10.2 Å². The van der Waals surface area contributed by atoms with Gasteiger partial charge in [-0.1, -0.05) is 27.7 Å². The lowest BCUT2D eigenvalue weighted by atomic mass is 9.44. The largest absolute Gasteiger partial charge is 0.390 e. The van der Waals surface area contributed by atoms with Crippen LogP contribution in [0.15, 0.2) is 0 Å². The first-order valence-electron chi connectivity index (χ1n) is 13.4. The molecule has 0 bridgehead atoms. The lowest BCUT2D eigenvalue weighted by molar-refractivity contribution is -0.273. The Morgan fingerprint density at radius 1 is 0.839 bits per heavy atom. The zero-order valence-electron chi connectivity index (χ0n) is 20.1. The summed E-state index contributed by atoms with van der Waals surface area (Å²) in [7, 11) is 0. The first-order chi connectivity index (χ1) is 14.7. The van der Waals surface area contributed by atoms with Gasteiger partial charge in [0.05, 0.1) is 24.9 Å². The Hall–Kier alpha value is -0.160. The molecule has 0 aromatic rings. The van der Waals surface area contributed by atoms with E-state index in [4.69, 9.17) is 9.47 Å². The van der Waals surface area contributed by atoms with E-state index in [2.05, 4.69) is 27.7 Å². The van der Waals surface area contributed by atoms with Gasteiger partial charge in [-0.2, -0.15) is 0 Å². The summed E-state index contributed by atoms with van der Waals surface area (Å²) in [5.41, 5.74) is 0.550. The maximum absolute atomic E-state index is 10.6. The maximum atomic E-state index is 10.6. The van der Waals surface area contributed by atoms with Crippen LogP contribution >= 0.6 is 0 Å². The van der Waals surface area contributed by atoms with Crippen molar-refractivity contribution in [3.05, 3.63) is 0 Å². The summed E-state index contributed by atoms with van der Waals surface area (Å²) in [6.07, 6.45) is 9.51. The lowest BCUT2D eigenvalue weighted by Gasteiger charge is -2.61. The SMILES string of the molecule is CC1CC[C@@]2(OC1)OC1CC3C4CCC5CC(O)C(O)C[C@]5(C)C4CC[C@]3(C)C1C2C. The van der Waals surface area contributed by atoms with Crippen molar-refractivity contribution in [1.29, 1.82) is 0 Å². The van der Waals surface area contributed by atoms with Gasteiger partial charge in [-0.15, -0.1) is 0 Å². The summed E-state index contributed by atoms with van der Waals surface area (Å²) in [4.78, 5) is 0. The summed E-state index contributed by atoms with van der Waals surface area (Å²) >= 11 is 0. The first kappa shape index (κ1) is 21.4. The minimum absolute atomic E-state index is 0.191. The average Bonchev–Trinajstić information content (AvgIpc) is 3.16. The molecule has 4 saturated carbocycles. The Morgan fingerprint density at radius 3 is 2.39 bits per heavy atom. The highest BCUT2D eigenvalue weighted by Gasteiger charge is 2.69. The summed E-state index contributed by atoms with van der Waals surface area (Å²) in [6.45, 7) is 10.6. The molecule has 10 unspecified atom stereocenters. The zero-order valence-corrected chi connectivity index (χ0v) is 20.1. The van der Waals surface area contributed by atoms with Crippen molar-refractivity contribution in [3.8, 4) is 0 Å². The molecule has 6 fully saturated rings. The molecular weight excluding hydrogens is 388 g/mol. The minimum atomic E-state index is -0.537. The van der Waals surface area contributed by atoms with Crippen molar-refractivity contribution in [1.82, 2.24) is 0 Å². The predicted octanol–water partition coefficient (Wildman–Crippen LogP) is 4.76. The molecule has 6 aliphatic rings. The number of fused-ring (bicyclic) bond motifs is 7. The number of aliphatic hydroxyl groups is 2. The molecule has 13 atom stereocenters. The van der Waals surface area contributed by atoms with Gasteiger partial charge < -0.3 is 19.7 Å². The van der Waals surface area contributed by atoms with E-state index in [-0.39, 0.29) is 11.2 Å². The first-order valence-corrected chi connectivity index (χ1v) is 13.4. The monoisotopic (exact) mass is 432 g/mol. The number of ether oxygens (including phenoxy) is 2. The van der Waals surface area contributed by atoms with Crippen molar-refractivity contribution in [2.75, 3.05) is 6.61 Å². The van der Waals surface area contributed by atoms with Crippen molar-refractivity contribution in [3.63, 3.8) is 0 Å². The molecule has 4 aliphatic carbocycles. The maximum Gasteiger partial charge on any atom is 0.171 e. The average molecular weight is 433 g/mol. The number of rotatable bonds is 0. The van der Waals surface area contributed by atoms with Gasteiger partial charge in [0.25, 0.3) is 0 Å². The molecule has 176 valence electrons. The fraction of sp³-hybridized carbons (Fsp3) is 1.00. The van der Waals surface area contributed by atoms with Crippen LogP contribution in [-0.2, 0) is 9.47 Å². The molecule has 0 amide bonds. The van der Waals surface area contributed by atoms with E-state index >= 15 is 0 Å². The highest BCUT2D eigenvalue weighted by Crippen LogP contribution is 2.71. The quantitative estimate of drug-likeness (QED) is 0.579. The minimum Gasteiger partial charge on any atom is -0.390 e. The standard InChI is InChI=1S/C27H44O4/c1-15-7-10-27(30-14-15)16(2)24-23(31-27)12-20-18-6-5-17-11-21(28)22(29)13-26(17,4)19(18)8-9-25(20,24)3/h15-24,28-29H,5-14H2,1-4H3/t15?,16?,17?,18?,19?,20?,21?,22?,23?,24?,25-,26-,27+/m0/s1. The van der Waals surface area contributed by atoms with E-state index in [0.717, 1.165) is 37.7 Å². The second-order valence-electron chi connectivity index (χ2n) is 13.2. The number of hydrogen-bond donors (Lipinski definition) is 2. The van der Waals surface area contributed by atoms with Gasteiger partial charge in [0.2, 0.25) is 0 Å². The molecule has 2 aliphatic heterocycles. The Morgan fingerprint density at radius 2 is 1.65 bits per heavy atom. The fourth-order valence-corrected chi connectivity index (χ4v) is 10.3. The molecular formula is C27H44O4. The third-order valence-electron chi connectivity index (χ3n) is 12.0. The topological polar surface area (TPSA) is 58.9 Å². The van der Waals surface area contributed by atoms with Crippen molar-refractivity contribution in [2.45, 2.75) is 110 Å². The third kappa shape index (κ3) is 2.80. The summed E-state index contributed by atoms with van der Waals surface area (Å²) in [6, 6.07) is 0. The Kier molecular flexibility index (Phi) is 4.78. The van der Waals surface area contributed by atoms with Crippen LogP contribution in [0, 0.1) is 52.3 Å². The zero-order chi connectivity index (χ0) is 21.8. The highest BCUT2D eigenvalue weighted by molar-refractivity contribution is 5.15. The highest BCUT2D eigenvalue weighted by atomic mass is 16.7. The summed E-state index contributed by atoms with van der Waals surface area (Å²) in [5, 5.41) is 20.9. The Balaban J connectivity index is 1.26. The molecule has 2 N–H and O–H groups in total. The van der Waals surface area contributed by atoms with E-state index in [1.807, 2.05) is 0 Å². The van der Waals surface area contributed by atoms with Gasteiger partial charge in [0.1, 0.15) is 0 Å². The van der Waals surface area contributed by atoms with E-state index < -0.39 is 12.2 Å².